The SMILES string of the molecule is O=C(O)[C@H](c1cc(F)ccc1[C@@H]1CCC2(CC2)CO1)N1CC[C@@H](OCCCCc2ccc3c(c2)NCCC3)C1. The molecule has 3 aliphatic heterocycles. The first-order valence-corrected chi connectivity index (χ1v) is 14.8. The zero-order valence-electron chi connectivity index (χ0n) is 22.8. The fourth-order valence-electron chi connectivity index (χ4n) is 6.72. The number of fused-ring (bicyclic) bond motifs is 1. The molecule has 6 rings (SSSR count). The number of likely N-dealkylation sites (tertiary alicyclic amines) is 1. The largest absolute Gasteiger partial charge is 0.480 e. The molecule has 4 aliphatic rings. The molecule has 3 atom stereocenters. The number of aliphatic carboxylic acids is 1. The smallest absolute Gasteiger partial charge is 0.325 e. The Morgan fingerprint density at radius 1 is 1.18 bits per heavy atom. The standard InChI is InChI=1S/C32H41FN2O4/c33-24-8-9-26(29-10-12-32(13-14-32)21-39-29)27(19-24)30(31(36)37)35-16-11-25(20-35)38-17-2-1-4-22-6-7-23-5-3-15-34-28(23)18-22/h6-9,18-19,25,29-30,34H,1-5,10-17,20-21H2,(H,36,37)/t25-,29+,30+/m1/s1. The van der Waals surface area contributed by atoms with E-state index in [1.165, 1.54) is 48.2 Å². The molecule has 2 saturated heterocycles. The van der Waals surface area contributed by atoms with E-state index >= 15 is 0 Å². The van der Waals surface area contributed by atoms with Crippen molar-refractivity contribution in [2.75, 3.05) is 38.2 Å². The summed E-state index contributed by atoms with van der Waals surface area (Å²) in [5, 5.41) is 13.8. The van der Waals surface area contributed by atoms with E-state index in [1.807, 2.05) is 4.90 Å². The lowest BCUT2D eigenvalue weighted by atomic mass is 9.88. The number of unbranched alkanes of at least 4 members (excludes halogenated alkanes) is 1. The van der Waals surface area contributed by atoms with Gasteiger partial charge in [0.05, 0.1) is 18.8 Å². The van der Waals surface area contributed by atoms with Crippen molar-refractivity contribution in [2.24, 2.45) is 5.41 Å². The third kappa shape index (κ3) is 6.16. The predicted molar refractivity (Wildman–Crippen MR) is 148 cm³/mol. The molecule has 1 aliphatic carbocycles. The topological polar surface area (TPSA) is 71.0 Å². The van der Waals surface area contributed by atoms with Gasteiger partial charge in [-0.1, -0.05) is 18.2 Å². The maximum atomic E-state index is 14.4. The number of carbonyl (C=O) groups is 1. The van der Waals surface area contributed by atoms with Crippen LogP contribution >= 0.6 is 0 Å². The van der Waals surface area contributed by atoms with Gasteiger partial charge < -0.3 is 19.9 Å². The Labute approximate surface area is 230 Å². The van der Waals surface area contributed by atoms with Gasteiger partial charge in [-0.25, -0.2) is 4.39 Å². The quantitative estimate of drug-likeness (QED) is 0.360. The Morgan fingerprint density at radius 2 is 2.08 bits per heavy atom. The summed E-state index contributed by atoms with van der Waals surface area (Å²) in [6.07, 6.45) is 10.4. The highest BCUT2D eigenvalue weighted by atomic mass is 19.1. The van der Waals surface area contributed by atoms with E-state index in [0.717, 1.165) is 63.7 Å². The minimum atomic E-state index is -0.948. The van der Waals surface area contributed by atoms with Crippen molar-refractivity contribution in [1.82, 2.24) is 4.90 Å². The van der Waals surface area contributed by atoms with Crippen LogP contribution < -0.4 is 5.32 Å². The summed E-state index contributed by atoms with van der Waals surface area (Å²) < 4.78 is 26.8. The molecule has 2 aromatic rings. The predicted octanol–water partition coefficient (Wildman–Crippen LogP) is 6.06. The van der Waals surface area contributed by atoms with Crippen LogP contribution in [0, 0.1) is 11.2 Å². The molecule has 0 radical (unpaired) electrons. The Morgan fingerprint density at radius 3 is 2.87 bits per heavy atom. The number of hydrogen-bond acceptors (Lipinski definition) is 5. The van der Waals surface area contributed by atoms with Crippen molar-refractivity contribution in [3.63, 3.8) is 0 Å². The molecule has 7 heteroatoms. The number of nitrogens with zero attached hydrogens (tertiary/aromatic N) is 1. The minimum Gasteiger partial charge on any atom is -0.480 e. The van der Waals surface area contributed by atoms with Gasteiger partial charge in [0.2, 0.25) is 0 Å². The molecule has 1 saturated carbocycles. The zero-order valence-corrected chi connectivity index (χ0v) is 22.8. The molecule has 2 aromatic carbocycles. The lowest BCUT2D eigenvalue weighted by molar-refractivity contribution is -0.143. The second kappa shape index (κ2) is 11.6. The molecular weight excluding hydrogens is 495 g/mol. The summed E-state index contributed by atoms with van der Waals surface area (Å²) >= 11 is 0. The summed E-state index contributed by atoms with van der Waals surface area (Å²) in [6, 6.07) is 10.5. The van der Waals surface area contributed by atoms with Crippen LogP contribution in [-0.2, 0) is 27.1 Å². The minimum absolute atomic E-state index is 0.00235. The monoisotopic (exact) mass is 536 g/mol. The summed E-state index contributed by atoms with van der Waals surface area (Å²) in [4.78, 5) is 14.5. The Bertz CT molecular complexity index is 1170. The number of rotatable bonds is 10. The van der Waals surface area contributed by atoms with Crippen LogP contribution in [0.5, 0.6) is 0 Å². The molecule has 39 heavy (non-hydrogen) atoms. The van der Waals surface area contributed by atoms with Crippen LogP contribution in [0.3, 0.4) is 0 Å². The van der Waals surface area contributed by atoms with Gasteiger partial charge in [0.1, 0.15) is 11.9 Å². The molecule has 0 amide bonds. The fourth-order valence-corrected chi connectivity index (χ4v) is 6.72. The highest BCUT2D eigenvalue weighted by molar-refractivity contribution is 5.76. The van der Waals surface area contributed by atoms with E-state index in [2.05, 4.69) is 23.5 Å². The summed E-state index contributed by atoms with van der Waals surface area (Å²) in [7, 11) is 0. The number of halogens is 1. The van der Waals surface area contributed by atoms with Crippen molar-refractivity contribution in [3.8, 4) is 0 Å². The molecule has 1 spiro atoms. The number of ether oxygens (including phenoxy) is 2. The molecule has 6 nitrogen and oxygen atoms in total. The van der Waals surface area contributed by atoms with Crippen molar-refractivity contribution in [2.45, 2.75) is 82.5 Å². The Hall–Kier alpha value is -2.48. The number of benzene rings is 2. The van der Waals surface area contributed by atoms with Crippen LogP contribution in [0.25, 0.3) is 0 Å². The van der Waals surface area contributed by atoms with E-state index in [4.69, 9.17) is 9.47 Å². The van der Waals surface area contributed by atoms with Crippen molar-refractivity contribution < 1.29 is 23.8 Å². The Balaban J connectivity index is 1.02. The van der Waals surface area contributed by atoms with E-state index < -0.39 is 17.8 Å². The molecule has 0 unspecified atom stereocenters. The van der Waals surface area contributed by atoms with Gasteiger partial charge in [0.25, 0.3) is 0 Å². The number of carboxylic acids is 1. The van der Waals surface area contributed by atoms with E-state index in [-0.39, 0.29) is 12.2 Å². The number of hydrogen-bond donors (Lipinski definition) is 2. The third-order valence-corrected chi connectivity index (χ3v) is 9.28. The lowest BCUT2D eigenvalue weighted by Gasteiger charge is -2.33. The van der Waals surface area contributed by atoms with Gasteiger partial charge in [-0.2, -0.15) is 0 Å². The lowest BCUT2D eigenvalue weighted by Crippen LogP contribution is -2.35. The third-order valence-electron chi connectivity index (χ3n) is 9.28. The Kier molecular flexibility index (Phi) is 7.92. The van der Waals surface area contributed by atoms with Gasteiger partial charge in [-0.05, 0) is 110 Å². The van der Waals surface area contributed by atoms with Crippen LogP contribution in [-0.4, -0.2) is 54.9 Å². The normalized spacial score (nSPS) is 24.7. The van der Waals surface area contributed by atoms with Crippen LogP contribution in [0.4, 0.5) is 10.1 Å². The number of anilines is 1. The maximum absolute atomic E-state index is 14.4. The highest BCUT2D eigenvalue weighted by Crippen LogP contribution is 2.55. The van der Waals surface area contributed by atoms with Gasteiger partial charge >= 0.3 is 5.97 Å². The highest BCUT2D eigenvalue weighted by Gasteiger charge is 2.46. The molecule has 0 aromatic heterocycles. The van der Waals surface area contributed by atoms with Gasteiger partial charge in [0.15, 0.2) is 0 Å². The van der Waals surface area contributed by atoms with Gasteiger partial charge in [-0.15, -0.1) is 0 Å². The second-order valence-electron chi connectivity index (χ2n) is 12.1. The first-order chi connectivity index (χ1) is 19.0. The molecule has 0 bridgehead atoms. The summed E-state index contributed by atoms with van der Waals surface area (Å²) in [5.41, 5.74) is 5.76. The van der Waals surface area contributed by atoms with E-state index in [9.17, 15) is 14.3 Å². The van der Waals surface area contributed by atoms with Crippen LogP contribution in [0.15, 0.2) is 36.4 Å². The van der Waals surface area contributed by atoms with E-state index in [0.29, 0.717) is 30.7 Å². The van der Waals surface area contributed by atoms with Crippen LogP contribution in [0.1, 0.15) is 85.8 Å². The fraction of sp³-hybridized carbons (Fsp3) is 0.594. The van der Waals surface area contributed by atoms with Crippen molar-refractivity contribution in [1.29, 1.82) is 0 Å². The van der Waals surface area contributed by atoms with Crippen molar-refractivity contribution >= 4 is 11.7 Å². The summed E-state index contributed by atoms with van der Waals surface area (Å²) in [5.74, 6) is -1.35. The van der Waals surface area contributed by atoms with Crippen molar-refractivity contribution in [3.05, 3.63) is 64.5 Å². The molecular formula is C32H41FN2O4. The second-order valence-corrected chi connectivity index (χ2v) is 12.1. The zero-order chi connectivity index (χ0) is 26.8. The molecule has 210 valence electrons. The first kappa shape index (κ1) is 26.7. The molecule has 2 N–H and O–H groups in total. The van der Waals surface area contributed by atoms with Crippen LogP contribution in [0.2, 0.25) is 0 Å². The average Bonchev–Trinajstić information content (AvgIpc) is 3.53. The van der Waals surface area contributed by atoms with Gasteiger partial charge in [0, 0.05) is 31.9 Å². The number of nitrogens with one attached hydrogen (secondary N) is 1. The maximum Gasteiger partial charge on any atom is 0.325 e. The summed E-state index contributed by atoms with van der Waals surface area (Å²) in [6.45, 7) is 3.60. The molecule has 3 fully saturated rings. The average molecular weight is 537 g/mol. The number of carboxylic acid groups (broad SMARTS) is 1. The van der Waals surface area contributed by atoms with Gasteiger partial charge in [-0.3, -0.25) is 9.69 Å². The number of aryl methyl sites for hydroxylation is 2. The molecule has 3 heterocycles. The van der Waals surface area contributed by atoms with E-state index in [1.54, 1.807) is 6.07 Å². The first-order valence-electron chi connectivity index (χ1n) is 14.8.